The molecule has 0 saturated carbocycles. The van der Waals surface area contributed by atoms with E-state index in [1.807, 2.05) is 18.7 Å². The van der Waals surface area contributed by atoms with Gasteiger partial charge in [0.05, 0.1) is 6.61 Å². The molecule has 2 aliphatic heterocycles. The third-order valence-corrected chi connectivity index (χ3v) is 9.05. The second-order valence-corrected chi connectivity index (χ2v) is 12.0. The molecule has 2 atom stereocenters. The molecule has 252 valence electrons. The van der Waals surface area contributed by atoms with Crippen molar-refractivity contribution < 1.29 is 32.2 Å². The summed E-state index contributed by atoms with van der Waals surface area (Å²) in [4.78, 5) is 36.7. The predicted molar refractivity (Wildman–Crippen MR) is 172 cm³/mol. The van der Waals surface area contributed by atoms with E-state index in [1.165, 1.54) is 18.2 Å². The van der Waals surface area contributed by atoms with Crippen molar-refractivity contribution in [1.82, 2.24) is 20.2 Å². The van der Waals surface area contributed by atoms with Crippen LogP contribution in [0.5, 0.6) is 5.88 Å². The number of anilines is 2. The second kappa shape index (κ2) is 14.2. The van der Waals surface area contributed by atoms with Gasteiger partial charge in [-0.1, -0.05) is 36.4 Å². The molecule has 0 unspecified atom stereocenters. The Morgan fingerprint density at radius 2 is 1.64 bits per heavy atom. The third-order valence-electron chi connectivity index (χ3n) is 9.05. The summed E-state index contributed by atoms with van der Waals surface area (Å²) in [5.74, 6) is -0.409. The number of hydrogen-bond donors (Lipinski definition) is 2. The van der Waals surface area contributed by atoms with Crippen LogP contribution in [0, 0.1) is 5.41 Å². The van der Waals surface area contributed by atoms with Crippen LogP contribution < -0.4 is 20.7 Å². The Kier molecular flexibility index (Phi) is 10.2. The van der Waals surface area contributed by atoms with Gasteiger partial charge in [-0.25, -0.2) is 0 Å². The average Bonchev–Trinajstić information content (AvgIpc) is 3.47. The van der Waals surface area contributed by atoms with Crippen molar-refractivity contribution in [1.29, 1.82) is 0 Å². The molecule has 2 saturated heterocycles. The highest BCUT2D eigenvalue weighted by molar-refractivity contribution is 5.94. The Balaban J connectivity index is 1.27. The molecule has 5 rings (SSSR count). The fourth-order valence-electron chi connectivity index (χ4n) is 6.36. The zero-order valence-corrected chi connectivity index (χ0v) is 26.8. The number of piperidine rings is 1. The minimum absolute atomic E-state index is 0.0653. The lowest BCUT2D eigenvalue weighted by atomic mass is 9.76. The van der Waals surface area contributed by atoms with Crippen molar-refractivity contribution in [3.63, 3.8) is 0 Å². The number of aromatic nitrogens is 2. The van der Waals surface area contributed by atoms with Crippen LogP contribution in [-0.2, 0) is 9.53 Å². The molecule has 3 N–H and O–H groups in total. The monoisotopic (exact) mass is 654 g/mol. The molecular formula is C34H41F3N6O4. The van der Waals surface area contributed by atoms with Gasteiger partial charge in [-0.05, 0) is 68.7 Å². The summed E-state index contributed by atoms with van der Waals surface area (Å²) in [6.07, 6.45) is -4.82. The first kappa shape index (κ1) is 34.0. The minimum atomic E-state index is -4.74. The van der Waals surface area contributed by atoms with Crippen LogP contribution in [0.15, 0.2) is 54.6 Å². The molecule has 1 aromatic heterocycles. The highest BCUT2D eigenvalue weighted by Crippen LogP contribution is 2.42. The molecule has 0 aliphatic carbocycles. The van der Waals surface area contributed by atoms with Gasteiger partial charge in [0, 0.05) is 49.9 Å². The molecule has 47 heavy (non-hydrogen) atoms. The van der Waals surface area contributed by atoms with Crippen molar-refractivity contribution in [2.75, 3.05) is 50.0 Å². The van der Waals surface area contributed by atoms with E-state index in [2.05, 4.69) is 15.3 Å². The van der Waals surface area contributed by atoms with E-state index in [-0.39, 0.29) is 40.7 Å². The highest BCUT2D eigenvalue weighted by Gasteiger charge is 2.45. The predicted octanol–water partition coefficient (Wildman–Crippen LogP) is 5.40. The molecule has 0 radical (unpaired) electrons. The number of rotatable bonds is 10. The number of ether oxygens (including phenoxy) is 2. The lowest BCUT2D eigenvalue weighted by molar-refractivity contribution is -0.198. The molecule has 13 heteroatoms. The average molecular weight is 655 g/mol. The summed E-state index contributed by atoms with van der Waals surface area (Å²) < 4.78 is 53.7. The smallest absolute Gasteiger partial charge is 0.429 e. The molecule has 2 aromatic carbocycles. The summed E-state index contributed by atoms with van der Waals surface area (Å²) in [5, 5.41) is 3.27. The van der Waals surface area contributed by atoms with Crippen molar-refractivity contribution >= 4 is 23.6 Å². The Morgan fingerprint density at radius 1 is 1.02 bits per heavy atom. The molecule has 0 bridgehead atoms. The normalized spacial score (nSPS) is 18.2. The van der Waals surface area contributed by atoms with Gasteiger partial charge < -0.3 is 30.3 Å². The molecule has 3 aromatic rings. The van der Waals surface area contributed by atoms with Crippen molar-refractivity contribution in [3.8, 4) is 17.0 Å². The van der Waals surface area contributed by atoms with Crippen LogP contribution in [0.4, 0.5) is 24.9 Å². The summed E-state index contributed by atoms with van der Waals surface area (Å²) in [5.41, 5.74) is 7.77. The van der Waals surface area contributed by atoms with Crippen LogP contribution in [0.1, 0.15) is 62.1 Å². The standard InChI is InChI=1S/C34H41F3N6O4/c1-4-42(5-2)30(44)25-13-9-23(10-14-25)22-7-11-24(12-8-22)29(34(35,36)37)47-28-19-27(40-32(38)41-28)43-17-15-33(16-18-43)20-26(39-21-33)31(45)46-6-3/h7-14,19,26,29,39H,4-6,15-18,20-21H2,1-3H3,(H2,38,40,41)/t26-,29+/m0/s1. The maximum atomic E-state index is 14.3. The third kappa shape index (κ3) is 7.78. The maximum absolute atomic E-state index is 14.3. The minimum Gasteiger partial charge on any atom is -0.465 e. The van der Waals surface area contributed by atoms with Gasteiger partial charge in [0.1, 0.15) is 11.9 Å². The summed E-state index contributed by atoms with van der Waals surface area (Å²) in [6, 6.07) is 14.0. The number of halogens is 3. The van der Waals surface area contributed by atoms with Crippen LogP contribution in [0.3, 0.4) is 0 Å². The largest absolute Gasteiger partial charge is 0.465 e. The van der Waals surface area contributed by atoms with Crippen molar-refractivity contribution in [2.45, 2.75) is 58.4 Å². The van der Waals surface area contributed by atoms with Crippen LogP contribution in [0.2, 0.25) is 0 Å². The summed E-state index contributed by atoms with van der Waals surface area (Å²) >= 11 is 0. The molecule has 1 spiro atoms. The van der Waals surface area contributed by atoms with Gasteiger partial charge in [-0.3, -0.25) is 9.59 Å². The molecular weight excluding hydrogens is 613 g/mol. The van der Waals surface area contributed by atoms with Crippen LogP contribution >= 0.6 is 0 Å². The number of carbonyl (C=O) groups excluding carboxylic acids is 2. The van der Waals surface area contributed by atoms with Gasteiger partial charge in [0.25, 0.3) is 5.91 Å². The van der Waals surface area contributed by atoms with Crippen molar-refractivity contribution in [3.05, 3.63) is 65.7 Å². The number of benzene rings is 2. The number of esters is 1. The number of hydrogen-bond acceptors (Lipinski definition) is 9. The first-order chi connectivity index (χ1) is 22.4. The number of nitrogens with one attached hydrogen (secondary N) is 1. The van der Waals surface area contributed by atoms with E-state index in [4.69, 9.17) is 15.2 Å². The van der Waals surface area contributed by atoms with Gasteiger partial charge in [0.2, 0.25) is 17.9 Å². The van der Waals surface area contributed by atoms with E-state index in [1.54, 1.807) is 48.2 Å². The Morgan fingerprint density at radius 3 is 2.21 bits per heavy atom. The Bertz CT molecular complexity index is 1540. The lowest BCUT2D eigenvalue weighted by Crippen LogP contribution is -2.41. The van der Waals surface area contributed by atoms with E-state index >= 15 is 0 Å². The number of amides is 1. The topological polar surface area (TPSA) is 123 Å². The SMILES string of the molecule is CCOC(=O)[C@@H]1CC2(CCN(c3cc(O[C@H](c4ccc(-c5ccc(C(=O)N(CC)CC)cc5)cc4)C(F)(F)F)nc(N)n3)CC2)CN1. The van der Waals surface area contributed by atoms with Gasteiger partial charge >= 0.3 is 12.1 Å². The van der Waals surface area contributed by atoms with Crippen LogP contribution in [0.25, 0.3) is 11.1 Å². The number of nitrogens with two attached hydrogens (primary N) is 1. The number of alkyl halides is 3. The Hall–Kier alpha value is -4.39. The zero-order valence-electron chi connectivity index (χ0n) is 26.8. The van der Waals surface area contributed by atoms with E-state index < -0.39 is 12.3 Å². The zero-order chi connectivity index (χ0) is 33.8. The molecule has 1 amide bonds. The number of carbonyl (C=O) groups is 2. The Labute approximate surface area is 272 Å². The van der Waals surface area contributed by atoms with Crippen LogP contribution in [-0.4, -0.2) is 78.3 Å². The number of nitrogens with zero attached hydrogens (tertiary/aromatic N) is 4. The quantitative estimate of drug-likeness (QED) is 0.277. The molecule has 2 aliphatic rings. The summed E-state index contributed by atoms with van der Waals surface area (Å²) in [6.45, 7) is 8.99. The van der Waals surface area contributed by atoms with E-state index in [0.717, 1.165) is 18.4 Å². The fourth-order valence-corrected chi connectivity index (χ4v) is 6.36. The van der Waals surface area contributed by atoms with E-state index in [0.29, 0.717) is 62.7 Å². The molecule has 10 nitrogen and oxygen atoms in total. The molecule has 2 fully saturated rings. The molecule has 3 heterocycles. The second-order valence-electron chi connectivity index (χ2n) is 12.0. The highest BCUT2D eigenvalue weighted by atomic mass is 19.4. The number of nitrogen functional groups attached to an aromatic ring is 1. The van der Waals surface area contributed by atoms with E-state index in [9.17, 15) is 22.8 Å². The van der Waals surface area contributed by atoms with Gasteiger partial charge in [0.15, 0.2) is 0 Å². The maximum Gasteiger partial charge on any atom is 0.429 e. The first-order valence-corrected chi connectivity index (χ1v) is 16.0. The first-order valence-electron chi connectivity index (χ1n) is 16.0. The lowest BCUT2D eigenvalue weighted by Gasteiger charge is -2.39. The van der Waals surface area contributed by atoms with Gasteiger partial charge in [-0.2, -0.15) is 23.1 Å². The van der Waals surface area contributed by atoms with Gasteiger partial charge in [-0.15, -0.1) is 0 Å². The van der Waals surface area contributed by atoms with Crippen molar-refractivity contribution in [2.24, 2.45) is 5.41 Å². The summed E-state index contributed by atoms with van der Waals surface area (Å²) in [7, 11) is 0. The fraction of sp³-hybridized carbons (Fsp3) is 0.471.